The molecule has 0 atom stereocenters. The Morgan fingerprint density at radius 2 is 1.84 bits per heavy atom. The normalized spacial score (nSPS) is 14.9. The summed E-state index contributed by atoms with van der Waals surface area (Å²) >= 11 is 1.42. The summed E-state index contributed by atoms with van der Waals surface area (Å²) < 4.78 is 9.56. The molecule has 4 nitrogen and oxygen atoms in total. The maximum atomic E-state index is 5.83. The maximum Gasteiger partial charge on any atom is 0.197 e. The van der Waals surface area contributed by atoms with E-state index in [0.717, 1.165) is 36.7 Å². The molecule has 0 amide bonds. The number of nitrogens with zero attached hydrogens (tertiary/aromatic N) is 2. The molecule has 1 aromatic heterocycles. The van der Waals surface area contributed by atoms with Crippen LogP contribution in [0, 0.1) is 0 Å². The van der Waals surface area contributed by atoms with Crippen LogP contribution in [0.5, 0.6) is 5.75 Å². The number of methoxy groups -OCH3 is 1. The maximum absolute atomic E-state index is 5.83. The summed E-state index contributed by atoms with van der Waals surface area (Å²) in [6.45, 7) is 1.96. The number of benzene rings is 1. The van der Waals surface area contributed by atoms with Gasteiger partial charge in [0, 0.05) is 13.1 Å². The van der Waals surface area contributed by atoms with Gasteiger partial charge in [0.1, 0.15) is 0 Å². The average Bonchev–Trinajstić information content (AvgIpc) is 2.68. The molecule has 1 aliphatic heterocycles. The fourth-order valence-electron chi connectivity index (χ4n) is 2.55. The molecule has 0 unspecified atom stereocenters. The van der Waals surface area contributed by atoms with Crippen molar-refractivity contribution >= 4 is 22.4 Å². The standard InChI is InChI=1S/C14H17N3OS/c1-18-12-13(15)16-19-14(12)17-8-6-10-4-2-3-5-11(10)7-9-17/h2-5H,6-9H2,1H3,(H2,15,16). The van der Waals surface area contributed by atoms with E-state index in [-0.39, 0.29) is 0 Å². The van der Waals surface area contributed by atoms with Crippen LogP contribution in [0.4, 0.5) is 10.8 Å². The Morgan fingerprint density at radius 3 is 2.42 bits per heavy atom. The molecule has 2 aromatic rings. The lowest BCUT2D eigenvalue weighted by Gasteiger charge is -2.20. The molecular weight excluding hydrogens is 258 g/mol. The van der Waals surface area contributed by atoms with Gasteiger partial charge < -0.3 is 15.4 Å². The first-order valence-corrected chi connectivity index (χ1v) is 7.18. The second-order valence-corrected chi connectivity index (χ2v) is 5.41. The number of nitrogens with two attached hydrogens (primary N) is 1. The Labute approximate surface area is 117 Å². The van der Waals surface area contributed by atoms with Gasteiger partial charge in [-0.25, -0.2) is 0 Å². The van der Waals surface area contributed by atoms with E-state index in [1.807, 2.05) is 0 Å². The third-order valence-electron chi connectivity index (χ3n) is 3.57. The van der Waals surface area contributed by atoms with Crippen molar-refractivity contribution in [3.63, 3.8) is 0 Å². The van der Waals surface area contributed by atoms with Crippen molar-refractivity contribution < 1.29 is 4.74 Å². The fourth-order valence-corrected chi connectivity index (χ4v) is 3.39. The van der Waals surface area contributed by atoms with E-state index in [1.54, 1.807) is 7.11 Å². The van der Waals surface area contributed by atoms with Crippen LogP contribution in [-0.2, 0) is 12.8 Å². The highest BCUT2D eigenvalue weighted by Gasteiger charge is 2.21. The van der Waals surface area contributed by atoms with Gasteiger partial charge in [-0.2, -0.15) is 4.37 Å². The molecule has 100 valence electrons. The minimum atomic E-state index is 0.490. The van der Waals surface area contributed by atoms with Crippen molar-refractivity contribution in [1.82, 2.24) is 4.37 Å². The Morgan fingerprint density at radius 1 is 1.21 bits per heavy atom. The summed E-state index contributed by atoms with van der Waals surface area (Å²) in [6.07, 6.45) is 2.11. The van der Waals surface area contributed by atoms with Crippen LogP contribution in [0.1, 0.15) is 11.1 Å². The van der Waals surface area contributed by atoms with Crippen LogP contribution in [0.15, 0.2) is 24.3 Å². The minimum absolute atomic E-state index is 0.490. The topological polar surface area (TPSA) is 51.4 Å². The lowest BCUT2D eigenvalue weighted by Crippen LogP contribution is -2.25. The first-order valence-electron chi connectivity index (χ1n) is 6.40. The van der Waals surface area contributed by atoms with Gasteiger partial charge in [-0.15, -0.1) is 0 Å². The predicted octanol–water partition coefficient (Wildman–Crippen LogP) is 2.34. The first kappa shape index (κ1) is 12.3. The Hall–Kier alpha value is -1.75. The van der Waals surface area contributed by atoms with Crippen LogP contribution < -0.4 is 15.4 Å². The minimum Gasteiger partial charge on any atom is -0.490 e. The van der Waals surface area contributed by atoms with Crippen molar-refractivity contribution in [3.05, 3.63) is 35.4 Å². The third kappa shape index (κ3) is 2.26. The third-order valence-corrected chi connectivity index (χ3v) is 4.47. The summed E-state index contributed by atoms with van der Waals surface area (Å²) in [6, 6.07) is 8.66. The Balaban J connectivity index is 1.85. The van der Waals surface area contributed by atoms with Crippen LogP contribution in [0.25, 0.3) is 0 Å². The molecule has 2 heterocycles. The van der Waals surface area contributed by atoms with Gasteiger partial charge in [0.25, 0.3) is 0 Å². The van der Waals surface area contributed by atoms with Gasteiger partial charge in [-0.05, 0) is 35.5 Å². The van der Waals surface area contributed by atoms with Gasteiger partial charge >= 0.3 is 0 Å². The first-order chi connectivity index (χ1) is 9.29. The number of hydrogen-bond acceptors (Lipinski definition) is 5. The molecule has 0 spiro atoms. The highest BCUT2D eigenvalue weighted by molar-refractivity contribution is 7.11. The SMILES string of the molecule is COc1c(N)nsc1N1CCc2ccccc2CC1. The van der Waals surface area contributed by atoms with E-state index in [4.69, 9.17) is 10.5 Å². The van der Waals surface area contributed by atoms with Crippen LogP contribution >= 0.6 is 11.5 Å². The van der Waals surface area contributed by atoms with Crippen molar-refractivity contribution in [1.29, 1.82) is 0 Å². The van der Waals surface area contributed by atoms with E-state index in [1.165, 1.54) is 22.7 Å². The predicted molar refractivity (Wildman–Crippen MR) is 79.1 cm³/mol. The van der Waals surface area contributed by atoms with E-state index >= 15 is 0 Å². The van der Waals surface area contributed by atoms with Crippen LogP contribution in [-0.4, -0.2) is 24.6 Å². The zero-order valence-electron chi connectivity index (χ0n) is 10.9. The molecule has 2 N–H and O–H groups in total. The van der Waals surface area contributed by atoms with Gasteiger partial charge in [-0.3, -0.25) is 0 Å². The van der Waals surface area contributed by atoms with Crippen LogP contribution in [0.3, 0.4) is 0 Å². The van der Waals surface area contributed by atoms with Crippen molar-refractivity contribution in [2.75, 3.05) is 30.8 Å². The quantitative estimate of drug-likeness (QED) is 0.914. The second kappa shape index (κ2) is 5.09. The highest BCUT2D eigenvalue weighted by Crippen LogP contribution is 2.38. The number of rotatable bonds is 2. The van der Waals surface area contributed by atoms with E-state index in [0.29, 0.717) is 5.82 Å². The number of nitrogen functional groups attached to an aromatic ring is 1. The summed E-state index contributed by atoms with van der Waals surface area (Å²) in [4.78, 5) is 2.33. The fraction of sp³-hybridized carbons (Fsp3) is 0.357. The van der Waals surface area contributed by atoms with Crippen LogP contribution in [0.2, 0.25) is 0 Å². The van der Waals surface area contributed by atoms with E-state index < -0.39 is 0 Å². The Kier molecular flexibility index (Phi) is 3.29. The number of hydrogen-bond donors (Lipinski definition) is 1. The van der Waals surface area contributed by atoms with Crippen molar-refractivity contribution in [2.24, 2.45) is 0 Å². The molecule has 1 aliphatic rings. The van der Waals surface area contributed by atoms with Gasteiger partial charge in [0.2, 0.25) is 0 Å². The van der Waals surface area contributed by atoms with Gasteiger partial charge in [0.15, 0.2) is 16.6 Å². The molecule has 3 rings (SSSR count). The summed E-state index contributed by atoms with van der Waals surface area (Å²) in [5.41, 5.74) is 8.72. The van der Waals surface area contributed by atoms with E-state index in [2.05, 4.69) is 33.5 Å². The molecule has 0 bridgehead atoms. The number of fused-ring (bicyclic) bond motifs is 1. The number of anilines is 2. The van der Waals surface area contributed by atoms with Crippen molar-refractivity contribution in [2.45, 2.75) is 12.8 Å². The second-order valence-electron chi connectivity index (χ2n) is 4.66. The zero-order chi connectivity index (χ0) is 13.2. The molecule has 19 heavy (non-hydrogen) atoms. The van der Waals surface area contributed by atoms with Gasteiger partial charge in [-0.1, -0.05) is 24.3 Å². The molecule has 1 aromatic carbocycles. The lowest BCUT2D eigenvalue weighted by molar-refractivity contribution is 0.417. The largest absolute Gasteiger partial charge is 0.490 e. The smallest absolute Gasteiger partial charge is 0.197 e. The molecule has 0 saturated heterocycles. The van der Waals surface area contributed by atoms with Crippen molar-refractivity contribution in [3.8, 4) is 5.75 Å². The lowest BCUT2D eigenvalue weighted by atomic mass is 10.0. The highest BCUT2D eigenvalue weighted by atomic mass is 32.1. The monoisotopic (exact) mass is 275 g/mol. The Bertz CT molecular complexity index is 555. The number of aromatic nitrogens is 1. The molecule has 0 aliphatic carbocycles. The zero-order valence-corrected chi connectivity index (χ0v) is 11.7. The average molecular weight is 275 g/mol. The molecule has 0 saturated carbocycles. The number of ether oxygens (including phenoxy) is 1. The molecule has 0 fully saturated rings. The molecular formula is C14H17N3OS. The molecule has 0 radical (unpaired) electrons. The van der Waals surface area contributed by atoms with E-state index in [9.17, 15) is 0 Å². The summed E-state index contributed by atoms with van der Waals surface area (Å²) in [5, 5.41) is 1.05. The van der Waals surface area contributed by atoms with Gasteiger partial charge in [0.05, 0.1) is 7.11 Å². The molecule has 5 heteroatoms. The summed E-state index contributed by atoms with van der Waals surface area (Å²) in [7, 11) is 1.65. The summed E-state index contributed by atoms with van der Waals surface area (Å²) in [5.74, 6) is 1.21.